The molecule has 0 radical (unpaired) electrons. The zero-order chi connectivity index (χ0) is 13.8. The molecule has 4 nitrogen and oxygen atoms in total. The second-order valence-electron chi connectivity index (χ2n) is 5.90. The van der Waals surface area contributed by atoms with Gasteiger partial charge in [-0.1, -0.05) is 12.8 Å². The highest BCUT2D eigenvalue weighted by Gasteiger charge is 2.34. The molecule has 0 spiro atoms. The van der Waals surface area contributed by atoms with E-state index in [9.17, 15) is 4.79 Å². The number of carbonyl (C=O) groups excluding carboxylic acids is 1. The summed E-state index contributed by atoms with van der Waals surface area (Å²) < 4.78 is 4.77. The Kier molecular flexibility index (Phi) is 5.60. The summed E-state index contributed by atoms with van der Waals surface area (Å²) in [5.74, 6) is -0.322. The highest BCUT2D eigenvalue weighted by molar-refractivity contribution is 5.79. The van der Waals surface area contributed by atoms with Crippen molar-refractivity contribution in [1.29, 1.82) is 0 Å². The molecule has 0 aliphatic carbocycles. The molecule has 0 bridgehead atoms. The summed E-state index contributed by atoms with van der Waals surface area (Å²) in [5.41, 5.74) is 5.17. The van der Waals surface area contributed by atoms with Crippen molar-refractivity contribution in [2.45, 2.75) is 70.5 Å². The standard InChI is InChI=1S/C14H28N2O2/c1-11-8-6-5-7-9-16(11)12(2)10-14(3,15)13(17)18-4/h11-12H,5-10,15H2,1-4H3. The van der Waals surface area contributed by atoms with Gasteiger partial charge in [0.15, 0.2) is 0 Å². The molecular weight excluding hydrogens is 228 g/mol. The SMILES string of the molecule is COC(=O)C(C)(N)CC(C)N1CCCCCC1C. The van der Waals surface area contributed by atoms with E-state index in [-0.39, 0.29) is 5.97 Å². The molecule has 1 aliphatic heterocycles. The number of nitrogens with zero attached hydrogens (tertiary/aromatic N) is 1. The predicted octanol–water partition coefficient (Wildman–Crippen LogP) is 1.92. The largest absolute Gasteiger partial charge is 0.468 e. The van der Waals surface area contributed by atoms with Crippen LogP contribution in [0.5, 0.6) is 0 Å². The van der Waals surface area contributed by atoms with Gasteiger partial charge < -0.3 is 10.5 Å². The van der Waals surface area contributed by atoms with E-state index in [2.05, 4.69) is 18.7 Å². The normalized spacial score (nSPS) is 27.1. The van der Waals surface area contributed by atoms with Crippen LogP contribution in [0.2, 0.25) is 0 Å². The van der Waals surface area contributed by atoms with Crippen LogP contribution in [0.4, 0.5) is 0 Å². The lowest BCUT2D eigenvalue weighted by Gasteiger charge is -2.36. The molecule has 3 unspecified atom stereocenters. The highest BCUT2D eigenvalue weighted by Crippen LogP contribution is 2.23. The number of esters is 1. The molecule has 106 valence electrons. The second-order valence-corrected chi connectivity index (χ2v) is 5.90. The van der Waals surface area contributed by atoms with Gasteiger partial charge >= 0.3 is 5.97 Å². The summed E-state index contributed by atoms with van der Waals surface area (Å²) >= 11 is 0. The van der Waals surface area contributed by atoms with Crippen LogP contribution in [0.15, 0.2) is 0 Å². The molecule has 0 saturated carbocycles. The molecule has 0 aromatic carbocycles. The topological polar surface area (TPSA) is 55.6 Å². The summed E-state index contributed by atoms with van der Waals surface area (Å²) in [7, 11) is 1.40. The molecule has 4 heteroatoms. The van der Waals surface area contributed by atoms with Gasteiger partial charge in [0.2, 0.25) is 0 Å². The fourth-order valence-corrected chi connectivity index (χ4v) is 3.00. The summed E-state index contributed by atoms with van der Waals surface area (Å²) in [6, 6.07) is 0.892. The van der Waals surface area contributed by atoms with Crippen molar-refractivity contribution in [3.63, 3.8) is 0 Å². The van der Waals surface area contributed by atoms with Gasteiger partial charge in [0.1, 0.15) is 5.54 Å². The van der Waals surface area contributed by atoms with Gasteiger partial charge in [-0.05, 0) is 46.6 Å². The van der Waals surface area contributed by atoms with Gasteiger partial charge in [0.05, 0.1) is 7.11 Å². The maximum atomic E-state index is 11.6. The maximum absolute atomic E-state index is 11.6. The van der Waals surface area contributed by atoms with Crippen molar-refractivity contribution in [3.8, 4) is 0 Å². The predicted molar refractivity (Wildman–Crippen MR) is 73.3 cm³/mol. The van der Waals surface area contributed by atoms with Crippen molar-refractivity contribution in [1.82, 2.24) is 4.90 Å². The maximum Gasteiger partial charge on any atom is 0.325 e. The Hall–Kier alpha value is -0.610. The molecule has 1 aliphatic rings. The number of hydrogen-bond acceptors (Lipinski definition) is 4. The number of ether oxygens (including phenoxy) is 1. The molecule has 0 aromatic rings. The Morgan fingerprint density at radius 1 is 1.50 bits per heavy atom. The molecule has 0 amide bonds. The third kappa shape index (κ3) is 3.95. The third-order valence-electron chi connectivity index (χ3n) is 4.04. The number of likely N-dealkylation sites (tertiary alicyclic amines) is 1. The molecule has 1 fully saturated rings. The van der Waals surface area contributed by atoms with Gasteiger partial charge in [0, 0.05) is 12.1 Å². The van der Waals surface area contributed by atoms with Crippen LogP contribution in [0.1, 0.15) is 52.9 Å². The number of nitrogens with two attached hydrogens (primary N) is 1. The first-order valence-corrected chi connectivity index (χ1v) is 7.01. The fourth-order valence-electron chi connectivity index (χ4n) is 3.00. The zero-order valence-electron chi connectivity index (χ0n) is 12.2. The fraction of sp³-hybridized carbons (Fsp3) is 0.929. The van der Waals surface area contributed by atoms with E-state index in [0.29, 0.717) is 18.5 Å². The number of carbonyl (C=O) groups is 1. The van der Waals surface area contributed by atoms with Crippen LogP contribution in [0, 0.1) is 0 Å². The minimum Gasteiger partial charge on any atom is -0.468 e. The van der Waals surface area contributed by atoms with E-state index < -0.39 is 5.54 Å². The van der Waals surface area contributed by atoms with E-state index >= 15 is 0 Å². The van der Waals surface area contributed by atoms with Crippen molar-refractivity contribution < 1.29 is 9.53 Å². The molecular formula is C14H28N2O2. The van der Waals surface area contributed by atoms with Crippen molar-refractivity contribution >= 4 is 5.97 Å². The lowest BCUT2D eigenvalue weighted by atomic mass is 9.93. The molecule has 0 aromatic heterocycles. The van der Waals surface area contributed by atoms with Crippen LogP contribution >= 0.6 is 0 Å². The summed E-state index contributed by atoms with van der Waals surface area (Å²) in [5, 5.41) is 0. The molecule has 2 N–H and O–H groups in total. The minimum absolute atomic E-state index is 0.312. The summed E-state index contributed by atoms with van der Waals surface area (Å²) in [6.07, 6.45) is 5.74. The van der Waals surface area contributed by atoms with Crippen molar-refractivity contribution in [2.24, 2.45) is 5.73 Å². The zero-order valence-corrected chi connectivity index (χ0v) is 12.2. The Balaban J connectivity index is 2.62. The number of rotatable bonds is 4. The van der Waals surface area contributed by atoms with Crippen LogP contribution in [0.3, 0.4) is 0 Å². The number of methoxy groups -OCH3 is 1. The van der Waals surface area contributed by atoms with E-state index in [0.717, 1.165) is 6.54 Å². The average molecular weight is 256 g/mol. The van der Waals surface area contributed by atoms with Crippen LogP contribution < -0.4 is 5.73 Å². The van der Waals surface area contributed by atoms with Crippen LogP contribution in [0.25, 0.3) is 0 Å². The van der Waals surface area contributed by atoms with Crippen molar-refractivity contribution in [2.75, 3.05) is 13.7 Å². The molecule has 1 saturated heterocycles. The first-order chi connectivity index (χ1) is 8.38. The summed E-state index contributed by atoms with van der Waals surface area (Å²) in [4.78, 5) is 14.1. The van der Waals surface area contributed by atoms with Gasteiger partial charge in [0.25, 0.3) is 0 Å². The van der Waals surface area contributed by atoms with Gasteiger partial charge in [-0.2, -0.15) is 0 Å². The van der Waals surface area contributed by atoms with Crippen LogP contribution in [-0.2, 0) is 9.53 Å². The average Bonchev–Trinajstić information content (AvgIpc) is 2.52. The quantitative estimate of drug-likeness (QED) is 0.781. The van der Waals surface area contributed by atoms with Crippen molar-refractivity contribution in [3.05, 3.63) is 0 Å². The second kappa shape index (κ2) is 6.53. The Morgan fingerprint density at radius 3 is 2.78 bits per heavy atom. The lowest BCUT2D eigenvalue weighted by Crippen LogP contribution is -2.52. The van der Waals surface area contributed by atoms with E-state index in [1.807, 2.05) is 0 Å². The summed E-state index contributed by atoms with van der Waals surface area (Å²) in [6.45, 7) is 7.31. The van der Waals surface area contributed by atoms with E-state index in [4.69, 9.17) is 10.5 Å². The van der Waals surface area contributed by atoms with E-state index in [1.54, 1.807) is 6.92 Å². The minimum atomic E-state index is -0.889. The smallest absolute Gasteiger partial charge is 0.325 e. The lowest BCUT2D eigenvalue weighted by molar-refractivity contribution is -0.147. The molecule has 1 heterocycles. The number of hydrogen-bond donors (Lipinski definition) is 1. The van der Waals surface area contributed by atoms with E-state index in [1.165, 1.54) is 32.8 Å². The van der Waals surface area contributed by atoms with Crippen LogP contribution in [-0.4, -0.2) is 42.1 Å². The molecule has 3 atom stereocenters. The first-order valence-electron chi connectivity index (χ1n) is 7.01. The Labute approximate surface area is 111 Å². The Bertz CT molecular complexity index is 279. The first kappa shape index (κ1) is 15.4. The molecule has 18 heavy (non-hydrogen) atoms. The van der Waals surface area contributed by atoms with Gasteiger partial charge in [-0.25, -0.2) is 0 Å². The highest BCUT2D eigenvalue weighted by atomic mass is 16.5. The molecule has 1 rings (SSSR count). The van der Waals surface area contributed by atoms with Gasteiger partial charge in [-0.15, -0.1) is 0 Å². The third-order valence-corrected chi connectivity index (χ3v) is 4.04. The van der Waals surface area contributed by atoms with Gasteiger partial charge in [-0.3, -0.25) is 9.69 Å². The monoisotopic (exact) mass is 256 g/mol. The Morgan fingerprint density at radius 2 is 2.17 bits per heavy atom.